The highest BCUT2D eigenvalue weighted by molar-refractivity contribution is 5.86. The van der Waals surface area contributed by atoms with Gasteiger partial charge in [-0.25, -0.2) is 9.78 Å². The zero-order chi connectivity index (χ0) is 72.3. The number of likely N-dealkylation sites (tertiary alicyclic amines) is 2. The van der Waals surface area contributed by atoms with Crippen molar-refractivity contribution in [2.75, 3.05) is 78.8 Å². The van der Waals surface area contributed by atoms with Crippen LogP contribution in [-0.4, -0.2) is 107 Å². The number of unbranched alkanes of at least 4 members (excludes halogenated alkanes) is 14. The molecule has 0 atom stereocenters. The SMILES string of the molecule is CCCCCC[N+]1(CCCCCC)CCC2(CC1)c1ccc(c(C)c1)OCCCCOc1c(C)cc(cc1C)C1(CC[N+](CCCCCC)(CCCCCC)CC1)c1cc(C)c(c(-c3ccc4c(c3)nc3c(=O)n(CCCC)c(=O)nc-3n4CCCC)c1)OCCCCOc1c(C)cc2cc1C. The Bertz CT molecular complexity index is 3860. The molecule has 11 heterocycles. The van der Waals surface area contributed by atoms with Gasteiger partial charge in [-0.3, -0.25) is 9.36 Å². The maximum Gasteiger partial charge on any atom is 0.352 e. The number of rotatable bonds is 27. The Labute approximate surface area is 615 Å². The van der Waals surface area contributed by atoms with Gasteiger partial charge >= 0.3 is 5.69 Å². The molecule has 11 aliphatic heterocycles. The summed E-state index contributed by atoms with van der Waals surface area (Å²) in [6.45, 7) is 40.1. The van der Waals surface area contributed by atoms with Crippen molar-refractivity contribution in [2.24, 2.45) is 0 Å². The highest BCUT2D eigenvalue weighted by Gasteiger charge is 2.47. The molecule has 102 heavy (non-hydrogen) atoms. The predicted molar refractivity (Wildman–Crippen MR) is 424 cm³/mol. The van der Waals surface area contributed by atoms with Crippen LogP contribution in [0.1, 0.15) is 277 Å². The van der Waals surface area contributed by atoms with Crippen LogP contribution in [-0.2, 0) is 23.9 Å². The number of fused-ring (bicyclic) bond motifs is 2. The van der Waals surface area contributed by atoms with Crippen molar-refractivity contribution in [1.82, 2.24) is 19.1 Å². The molecule has 0 radical (unpaired) electrons. The van der Waals surface area contributed by atoms with Gasteiger partial charge in [0.25, 0.3) is 5.56 Å². The summed E-state index contributed by atoms with van der Waals surface area (Å²) in [6, 6.07) is 28.5. The molecule has 5 aromatic carbocycles. The molecule has 0 unspecified atom stereocenters. The molecule has 12 heteroatoms. The largest absolute Gasteiger partial charge is 0.493 e. The molecule has 0 aromatic heterocycles. The van der Waals surface area contributed by atoms with E-state index in [1.54, 1.807) is 0 Å². The molecule has 556 valence electrons. The minimum Gasteiger partial charge on any atom is -0.493 e. The summed E-state index contributed by atoms with van der Waals surface area (Å²) in [4.78, 5) is 37.9. The van der Waals surface area contributed by atoms with Crippen molar-refractivity contribution in [3.05, 3.63) is 149 Å². The maximum absolute atomic E-state index is 14.5. The molecular formula is C90H132N6O6+2. The van der Waals surface area contributed by atoms with E-state index >= 15 is 0 Å². The first-order valence-electron chi connectivity index (χ1n) is 41.2. The third-order valence-electron chi connectivity index (χ3n) is 24.3. The summed E-state index contributed by atoms with van der Waals surface area (Å²) >= 11 is 0. The molecule has 2 spiro atoms. The van der Waals surface area contributed by atoms with Crippen LogP contribution >= 0.6 is 0 Å². The lowest BCUT2D eigenvalue weighted by atomic mass is 9.66. The first-order chi connectivity index (χ1) is 49.5. The van der Waals surface area contributed by atoms with Gasteiger partial charge in [-0.15, -0.1) is 0 Å². The van der Waals surface area contributed by atoms with Crippen molar-refractivity contribution >= 4 is 11.0 Å². The fourth-order valence-electron chi connectivity index (χ4n) is 18.0. The maximum atomic E-state index is 14.5. The second kappa shape index (κ2) is 37.0. The zero-order valence-electron chi connectivity index (χ0n) is 65.8. The van der Waals surface area contributed by atoms with Crippen LogP contribution in [0.4, 0.5) is 0 Å². The lowest BCUT2D eigenvalue weighted by Gasteiger charge is -2.50. The minimum atomic E-state index is -0.510. The van der Waals surface area contributed by atoms with Crippen LogP contribution in [0.2, 0.25) is 0 Å². The van der Waals surface area contributed by atoms with Gasteiger partial charge in [-0.1, -0.05) is 154 Å². The minimum absolute atomic E-state index is 0.125. The van der Waals surface area contributed by atoms with Crippen molar-refractivity contribution < 1.29 is 27.9 Å². The molecule has 8 bridgehead atoms. The van der Waals surface area contributed by atoms with E-state index in [4.69, 9.17) is 23.9 Å². The Morgan fingerprint density at radius 1 is 0.402 bits per heavy atom. The van der Waals surface area contributed by atoms with Gasteiger partial charge < -0.3 is 32.5 Å². The van der Waals surface area contributed by atoms with Crippen LogP contribution in [0.5, 0.6) is 23.0 Å². The Kier molecular flexibility index (Phi) is 28.3. The van der Waals surface area contributed by atoms with Gasteiger partial charge in [0, 0.05) is 55.2 Å². The fraction of sp³-hybridized carbons (Fsp3) is 0.622. The normalized spacial score (nSPS) is 16.9. The average molecular weight is 1390 g/mol. The number of quaternary nitrogens is 2. The lowest BCUT2D eigenvalue weighted by Crippen LogP contribution is -2.57. The third-order valence-corrected chi connectivity index (χ3v) is 24.3. The van der Waals surface area contributed by atoms with Crippen LogP contribution in [0, 0.1) is 41.5 Å². The molecule has 16 rings (SSSR count). The monoisotopic (exact) mass is 1390 g/mol. The molecular weight excluding hydrogens is 1260 g/mol. The standard InChI is InChI=1S/C90H132N6O6/c1-13-19-25-29-47-95(48-30-26-20-14-2)51-41-89(42-52-95)74-38-40-81(67(7)59-74)99-55-33-34-56-100-84-70(10)62-76(63-71(84)11)90(43-53-96(54-44-90,49-31-27-21-15-3)50-32-28-22-16-4)77-64-72(12)85(102-58-36-35-57-101-83-68(8)60-75(89)61-69(83)9)78(66-77)73-37-39-80-79(65-73)91-82-86(93(80)45-23-17-5)92-88(98)94(87(82)97)46-24-18-6/h37-40,59-66H,13-36,41-58H2,1-12H3/q+2. The van der Waals surface area contributed by atoms with Crippen molar-refractivity contribution in [1.29, 1.82) is 0 Å². The summed E-state index contributed by atoms with van der Waals surface area (Å²) in [5, 5.41) is 0. The number of aromatic nitrogens is 4. The lowest BCUT2D eigenvalue weighted by molar-refractivity contribution is -0.934. The molecule has 2 fully saturated rings. The molecule has 2 saturated heterocycles. The number of nitrogens with zero attached hydrogens (tertiary/aromatic N) is 6. The van der Waals surface area contributed by atoms with E-state index in [2.05, 4.69) is 165 Å². The van der Waals surface area contributed by atoms with Crippen LogP contribution < -0.4 is 30.2 Å². The van der Waals surface area contributed by atoms with Gasteiger partial charge in [0.05, 0.1) is 89.8 Å². The molecule has 12 nitrogen and oxygen atoms in total. The van der Waals surface area contributed by atoms with Gasteiger partial charge in [0.1, 0.15) is 23.0 Å². The zero-order valence-corrected chi connectivity index (χ0v) is 65.8. The highest BCUT2D eigenvalue weighted by atomic mass is 16.5. The second-order valence-corrected chi connectivity index (χ2v) is 31.9. The molecule has 0 amide bonds. The average Bonchev–Trinajstić information content (AvgIpc) is 0.742. The summed E-state index contributed by atoms with van der Waals surface area (Å²) in [5.41, 5.74) is 15.1. The fourth-order valence-corrected chi connectivity index (χ4v) is 18.0. The Balaban J connectivity index is 1.05. The van der Waals surface area contributed by atoms with Gasteiger partial charge in [0.2, 0.25) is 0 Å². The summed E-state index contributed by atoms with van der Waals surface area (Å²) in [6.07, 6.45) is 31.8. The van der Waals surface area contributed by atoms with Gasteiger partial charge in [-0.2, -0.15) is 4.98 Å². The van der Waals surface area contributed by atoms with Crippen LogP contribution in [0.15, 0.2) is 82.4 Å². The number of piperidine rings is 2. The molecule has 11 aliphatic rings. The van der Waals surface area contributed by atoms with Gasteiger partial charge in [0.15, 0.2) is 11.5 Å². The quantitative estimate of drug-likeness (QED) is 0.0285. The number of hydrogen-bond donors (Lipinski definition) is 0. The third kappa shape index (κ3) is 18.2. The van der Waals surface area contributed by atoms with Crippen LogP contribution in [0.25, 0.3) is 33.7 Å². The Morgan fingerprint density at radius 3 is 1.25 bits per heavy atom. The van der Waals surface area contributed by atoms with E-state index in [1.807, 2.05) is 0 Å². The van der Waals surface area contributed by atoms with E-state index in [0.29, 0.717) is 57.3 Å². The summed E-state index contributed by atoms with van der Waals surface area (Å²) in [7, 11) is 0. The van der Waals surface area contributed by atoms with Crippen molar-refractivity contribution in [2.45, 2.75) is 287 Å². The molecule has 5 aromatic rings. The highest BCUT2D eigenvalue weighted by Crippen LogP contribution is 2.51. The van der Waals surface area contributed by atoms with Gasteiger partial charge in [-0.05, 0) is 217 Å². The summed E-state index contributed by atoms with van der Waals surface area (Å²) in [5.74, 6) is 4.20. The van der Waals surface area contributed by atoms with Crippen LogP contribution in [0.3, 0.4) is 0 Å². The van der Waals surface area contributed by atoms with Crippen molar-refractivity contribution in [3.63, 3.8) is 0 Å². The molecule has 0 N–H and O–H groups in total. The predicted octanol–water partition coefficient (Wildman–Crippen LogP) is 21.1. The first kappa shape index (κ1) is 78.1. The first-order valence-corrected chi connectivity index (χ1v) is 41.2. The molecule has 0 saturated carbocycles. The Morgan fingerprint density at radius 2 is 0.804 bits per heavy atom. The topological polar surface area (TPSA) is 107 Å². The van der Waals surface area contributed by atoms with E-state index in [0.717, 1.165) is 129 Å². The number of ether oxygens (including phenoxy) is 4. The molecule has 0 aliphatic carbocycles. The smallest absolute Gasteiger partial charge is 0.352 e. The number of aryl methyl sites for hydroxylation is 7. The number of hydrogen-bond acceptors (Lipinski definition) is 8. The second-order valence-electron chi connectivity index (χ2n) is 31.9. The van der Waals surface area contributed by atoms with E-state index in [-0.39, 0.29) is 22.1 Å². The van der Waals surface area contributed by atoms with E-state index in [9.17, 15) is 9.59 Å². The van der Waals surface area contributed by atoms with Crippen molar-refractivity contribution in [3.8, 4) is 45.6 Å². The Hall–Kier alpha value is -6.50. The van der Waals surface area contributed by atoms with E-state index < -0.39 is 5.69 Å². The summed E-state index contributed by atoms with van der Waals surface area (Å²) < 4.78 is 33.5. The van der Waals surface area contributed by atoms with E-state index in [1.165, 1.54) is 206 Å². The number of benzene rings is 5.